The lowest BCUT2D eigenvalue weighted by Crippen LogP contribution is -2.21. The van der Waals surface area contributed by atoms with Gasteiger partial charge in [0.1, 0.15) is 5.69 Å². The molecule has 0 amide bonds. The van der Waals surface area contributed by atoms with Crippen LogP contribution < -0.4 is 5.32 Å². The van der Waals surface area contributed by atoms with Gasteiger partial charge in [-0.1, -0.05) is 54.6 Å². The quantitative estimate of drug-likeness (QED) is 0.753. The van der Waals surface area contributed by atoms with Crippen LogP contribution in [0.3, 0.4) is 0 Å². The molecule has 1 saturated carbocycles. The summed E-state index contributed by atoms with van der Waals surface area (Å²) in [6.45, 7) is 3.02. The number of nitrogens with zero attached hydrogens (tertiary/aromatic N) is 3. The van der Waals surface area contributed by atoms with Gasteiger partial charge in [0.25, 0.3) is 0 Å². The maximum absolute atomic E-state index is 4.35. The van der Waals surface area contributed by atoms with Crippen molar-refractivity contribution < 1.29 is 0 Å². The Hall–Kier alpha value is -2.62. The van der Waals surface area contributed by atoms with Crippen molar-refractivity contribution in [2.75, 3.05) is 5.32 Å². The maximum Gasteiger partial charge on any atom is 0.113 e. The van der Waals surface area contributed by atoms with Crippen LogP contribution >= 0.6 is 0 Å². The normalized spacial score (nSPS) is 19.9. The fourth-order valence-electron chi connectivity index (χ4n) is 3.43. The van der Waals surface area contributed by atoms with Crippen LogP contribution in [-0.4, -0.2) is 21.0 Å². The highest BCUT2D eigenvalue weighted by molar-refractivity contribution is 5.64. The summed E-state index contributed by atoms with van der Waals surface area (Å²) in [5.41, 5.74) is 4.38. The molecule has 0 saturated heterocycles. The molecule has 4 rings (SSSR count). The zero-order valence-electron chi connectivity index (χ0n) is 14.5. The number of benzene rings is 2. The molecule has 1 heterocycles. The van der Waals surface area contributed by atoms with E-state index in [-0.39, 0.29) is 0 Å². The molecule has 3 aromatic rings. The van der Waals surface area contributed by atoms with Crippen molar-refractivity contribution in [3.05, 3.63) is 72.8 Å². The zero-order chi connectivity index (χ0) is 17.1. The maximum atomic E-state index is 4.35. The van der Waals surface area contributed by atoms with E-state index in [9.17, 15) is 0 Å². The largest absolute Gasteiger partial charge is 0.382 e. The predicted octanol–water partition coefficient (Wildman–Crippen LogP) is 4.41. The van der Waals surface area contributed by atoms with Crippen LogP contribution in [0.1, 0.15) is 25.3 Å². The van der Waals surface area contributed by atoms with Gasteiger partial charge in [0.15, 0.2) is 0 Å². The highest BCUT2D eigenvalue weighted by Crippen LogP contribution is 2.28. The Morgan fingerprint density at radius 1 is 1.12 bits per heavy atom. The van der Waals surface area contributed by atoms with Gasteiger partial charge in [-0.2, -0.15) is 0 Å². The second-order valence-corrected chi connectivity index (χ2v) is 6.79. The highest BCUT2D eigenvalue weighted by atomic mass is 15.4. The molecule has 127 valence electrons. The number of anilines is 1. The first kappa shape index (κ1) is 15.9. The van der Waals surface area contributed by atoms with Crippen LogP contribution in [-0.2, 0) is 6.54 Å². The van der Waals surface area contributed by atoms with Crippen molar-refractivity contribution in [3.8, 4) is 11.3 Å². The second-order valence-electron chi connectivity index (χ2n) is 6.79. The number of nitrogens with one attached hydrogen (secondary N) is 1. The molecule has 2 atom stereocenters. The van der Waals surface area contributed by atoms with E-state index < -0.39 is 0 Å². The summed E-state index contributed by atoms with van der Waals surface area (Å²) >= 11 is 0. The number of hydrogen-bond donors (Lipinski definition) is 1. The molecule has 1 fully saturated rings. The summed E-state index contributed by atoms with van der Waals surface area (Å²) in [6.07, 6.45) is 6.82. The Bertz CT molecular complexity index is 825. The Kier molecular flexibility index (Phi) is 4.51. The zero-order valence-corrected chi connectivity index (χ0v) is 14.5. The van der Waals surface area contributed by atoms with Crippen molar-refractivity contribution in [1.82, 2.24) is 15.0 Å². The average Bonchev–Trinajstić information content (AvgIpc) is 3.26. The standard InChI is InChI=1S/C21H23N4/c1-16-7-5-12-20(16)22-19-11-6-10-18(13-19)21-15-25(24-23-21)14-17-8-3-2-4-9-17/h2-4,6-11,13,15-16,20,22H,5,12,14H2,1H3. The van der Waals surface area contributed by atoms with Crippen molar-refractivity contribution in [1.29, 1.82) is 0 Å². The number of aromatic nitrogens is 3. The Morgan fingerprint density at radius 3 is 2.80 bits per heavy atom. The Labute approximate surface area is 148 Å². The van der Waals surface area contributed by atoms with Gasteiger partial charge in [-0.05, 0) is 42.9 Å². The summed E-state index contributed by atoms with van der Waals surface area (Å²) in [5.74, 6) is 0.621. The molecule has 0 bridgehead atoms. The van der Waals surface area contributed by atoms with Gasteiger partial charge >= 0.3 is 0 Å². The third kappa shape index (κ3) is 3.73. The molecular weight excluding hydrogens is 308 g/mol. The van der Waals surface area contributed by atoms with Crippen LogP contribution in [0.5, 0.6) is 0 Å². The van der Waals surface area contributed by atoms with Crippen molar-refractivity contribution in [2.45, 2.75) is 32.4 Å². The lowest BCUT2D eigenvalue weighted by Gasteiger charge is -2.18. The van der Waals surface area contributed by atoms with Gasteiger partial charge in [0.05, 0.1) is 12.7 Å². The first-order chi connectivity index (χ1) is 12.3. The fourth-order valence-corrected chi connectivity index (χ4v) is 3.43. The molecule has 25 heavy (non-hydrogen) atoms. The van der Waals surface area contributed by atoms with E-state index in [1.165, 1.54) is 18.4 Å². The molecule has 4 nitrogen and oxygen atoms in total. The average molecular weight is 331 g/mol. The minimum atomic E-state index is 0.531. The molecule has 4 heteroatoms. The predicted molar refractivity (Wildman–Crippen MR) is 101 cm³/mol. The van der Waals surface area contributed by atoms with Crippen LogP contribution in [0.25, 0.3) is 11.3 Å². The van der Waals surface area contributed by atoms with E-state index in [0.29, 0.717) is 12.0 Å². The van der Waals surface area contributed by atoms with Gasteiger partial charge < -0.3 is 5.32 Å². The monoisotopic (exact) mass is 331 g/mol. The van der Waals surface area contributed by atoms with E-state index >= 15 is 0 Å². The fraction of sp³-hybridized carbons (Fsp3) is 0.286. The highest BCUT2D eigenvalue weighted by Gasteiger charge is 2.23. The smallest absolute Gasteiger partial charge is 0.113 e. The van der Waals surface area contributed by atoms with Crippen LogP contribution in [0, 0.1) is 12.3 Å². The van der Waals surface area contributed by atoms with Crippen LogP contribution in [0.4, 0.5) is 5.69 Å². The molecule has 2 unspecified atom stereocenters. The summed E-state index contributed by atoms with van der Waals surface area (Å²) in [4.78, 5) is 0. The molecule has 1 aromatic heterocycles. The molecule has 1 aliphatic carbocycles. The van der Waals surface area contributed by atoms with E-state index in [0.717, 1.165) is 23.5 Å². The SMILES string of the molecule is CC1[CH]CCC1Nc1cccc(-c2cn(Cc3ccccc3)nn2)c1. The number of rotatable bonds is 5. The van der Waals surface area contributed by atoms with E-state index in [1.54, 1.807) is 0 Å². The minimum absolute atomic E-state index is 0.531. The van der Waals surface area contributed by atoms with Crippen molar-refractivity contribution in [2.24, 2.45) is 5.92 Å². The third-order valence-corrected chi connectivity index (χ3v) is 4.89. The van der Waals surface area contributed by atoms with Crippen molar-refractivity contribution >= 4 is 5.69 Å². The molecule has 1 radical (unpaired) electrons. The summed E-state index contributed by atoms with van der Waals surface area (Å²) < 4.78 is 1.89. The summed E-state index contributed by atoms with van der Waals surface area (Å²) in [5, 5.41) is 12.3. The van der Waals surface area contributed by atoms with Gasteiger partial charge in [-0.3, -0.25) is 0 Å². The first-order valence-corrected chi connectivity index (χ1v) is 8.92. The van der Waals surface area contributed by atoms with Crippen molar-refractivity contribution in [3.63, 3.8) is 0 Å². The molecule has 0 aliphatic heterocycles. The summed E-state index contributed by atoms with van der Waals surface area (Å²) in [6, 6.07) is 19.3. The van der Waals surface area contributed by atoms with Crippen LogP contribution in [0.2, 0.25) is 0 Å². The molecule has 2 aromatic carbocycles. The Morgan fingerprint density at radius 2 is 2.00 bits per heavy atom. The third-order valence-electron chi connectivity index (χ3n) is 4.89. The molecular formula is C21H23N4. The van der Waals surface area contributed by atoms with Gasteiger partial charge in [-0.25, -0.2) is 4.68 Å². The minimum Gasteiger partial charge on any atom is -0.382 e. The van der Waals surface area contributed by atoms with Gasteiger partial charge in [0, 0.05) is 17.3 Å². The van der Waals surface area contributed by atoms with E-state index in [2.05, 4.69) is 65.4 Å². The molecule has 1 aliphatic rings. The first-order valence-electron chi connectivity index (χ1n) is 8.92. The Balaban J connectivity index is 1.49. The van der Waals surface area contributed by atoms with Crippen LogP contribution in [0.15, 0.2) is 60.8 Å². The second kappa shape index (κ2) is 7.09. The van der Waals surface area contributed by atoms with E-state index in [1.807, 2.05) is 29.1 Å². The lowest BCUT2D eigenvalue weighted by molar-refractivity contribution is 0.610. The molecule has 1 N–H and O–H groups in total. The number of hydrogen-bond acceptors (Lipinski definition) is 3. The lowest BCUT2D eigenvalue weighted by atomic mass is 10.1. The van der Waals surface area contributed by atoms with Gasteiger partial charge in [0.2, 0.25) is 0 Å². The topological polar surface area (TPSA) is 42.7 Å². The van der Waals surface area contributed by atoms with Gasteiger partial charge in [-0.15, -0.1) is 5.10 Å². The van der Waals surface area contributed by atoms with E-state index in [4.69, 9.17) is 0 Å². The molecule has 0 spiro atoms. The summed E-state index contributed by atoms with van der Waals surface area (Å²) in [7, 11) is 0.